The molecule has 0 aromatic heterocycles. The third kappa shape index (κ3) is 5.54. The molecule has 1 aliphatic heterocycles. The molecular formula is C23H24BrNO4. The van der Waals surface area contributed by atoms with E-state index >= 15 is 0 Å². The van der Waals surface area contributed by atoms with Gasteiger partial charge in [0.2, 0.25) is 5.91 Å². The Bertz CT molecular complexity index is 877. The zero-order valence-corrected chi connectivity index (χ0v) is 18.0. The molecule has 1 saturated heterocycles. The van der Waals surface area contributed by atoms with E-state index in [4.69, 9.17) is 4.74 Å². The number of nitrogens with zero attached hydrogens (tertiary/aromatic N) is 1. The van der Waals surface area contributed by atoms with Gasteiger partial charge in [0.1, 0.15) is 0 Å². The molecule has 1 aliphatic rings. The van der Waals surface area contributed by atoms with Crippen molar-refractivity contribution in [1.82, 2.24) is 0 Å². The van der Waals surface area contributed by atoms with Crippen molar-refractivity contribution in [3.63, 3.8) is 0 Å². The summed E-state index contributed by atoms with van der Waals surface area (Å²) in [6.45, 7) is 2.11. The van der Waals surface area contributed by atoms with Crippen molar-refractivity contribution in [1.29, 1.82) is 0 Å². The molecule has 29 heavy (non-hydrogen) atoms. The number of unbranched alkanes of at least 4 members (excludes halogenated alkanes) is 1. The Morgan fingerprint density at radius 1 is 1.10 bits per heavy atom. The molecule has 1 fully saturated rings. The van der Waals surface area contributed by atoms with Gasteiger partial charge < -0.3 is 9.64 Å². The lowest BCUT2D eigenvalue weighted by Crippen LogP contribution is -2.27. The van der Waals surface area contributed by atoms with Crippen LogP contribution in [-0.2, 0) is 20.7 Å². The lowest BCUT2D eigenvalue weighted by Gasteiger charge is -2.17. The highest BCUT2D eigenvalue weighted by atomic mass is 79.9. The van der Waals surface area contributed by atoms with Gasteiger partial charge in [-0.25, -0.2) is 0 Å². The molecule has 2 aromatic carbocycles. The fraction of sp³-hybridized carbons (Fsp3) is 0.348. The molecule has 0 spiro atoms. The first-order valence-corrected chi connectivity index (χ1v) is 10.6. The number of anilines is 1. The molecule has 1 atom stereocenters. The average Bonchev–Trinajstić information content (AvgIpc) is 3.13. The van der Waals surface area contributed by atoms with E-state index in [1.54, 1.807) is 29.2 Å². The topological polar surface area (TPSA) is 63.7 Å². The maximum atomic E-state index is 12.4. The van der Waals surface area contributed by atoms with Crippen LogP contribution < -0.4 is 4.90 Å². The molecule has 1 heterocycles. The maximum Gasteiger partial charge on any atom is 0.311 e. The summed E-state index contributed by atoms with van der Waals surface area (Å²) >= 11 is 3.31. The molecule has 1 amide bonds. The van der Waals surface area contributed by atoms with E-state index in [1.807, 2.05) is 24.3 Å². The number of halogens is 1. The van der Waals surface area contributed by atoms with Gasteiger partial charge in [-0.05, 0) is 42.7 Å². The van der Waals surface area contributed by atoms with E-state index in [0.29, 0.717) is 5.56 Å². The van der Waals surface area contributed by atoms with Crippen molar-refractivity contribution in [2.75, 3.05) is 18.1 Å². The van der Waals surface area contributed by atoms with Crippen LogP contribution in [0.15, 0.2) is 53.0 Å². The SMILES string of the molecule is CCCCc1ccc(N2C[C@H](C(=O)OCC(=O)c3ccc(Br)cc3)CC2=O)cc1. The van der Waals surface area contributed by atoms with Crippen molar-refractivity contribution >= 4 is 39.3 Å². The lowest BCUT2D eigenvalue weighted by molar-refractivity contribution is -0.147. The number of esters is 1. The molecule has 0 bridgehead atoms. The predicted octanol–water partition coefficient (Wildman–Crippen LogP) is 4.57. The standard InChI is InChI=1S/C23H24BrNO4/c1-2-3-4-16-5-11-20(12-6-16)25-14-18(13-22(25)27)23(28)29-15-21(26)17-7-9-19(24)10-8-17/h5-12,18H,2-4,13-15H2,1H3/t18-/m1/s1. The first kappa shape index (κ1) is 21.2. The summed E-state index contributed by atoms with van der Waals surface area (Å²) < 4.78 is 6.06. The van der Waals surface area contributed by atoms with Crippen LogP contribution in [0.1, 0.15) is 42.1 Å². The average molecular weight is 458 g/mol. The summed E-state index contributed by atoms with van der Waals surface area (Å²) in [5.41, 5.74) is 2.51. The Morgan fingerprint density at radius 3 is 2.45 bits per heavy atom. The minimum absolute atomic E-state index is 0.100. The summed E-state index contributed by atoms with van der Waals surface area (Å²) in [6, 6.07) is 14.8. The van der Waals surface area contributed by atoms with E-state index in [-0.39, 0.29) is 31.3 Å². The predicted molar refractivity (Wildman–Crippen MR) is 115 cm³/mol. The van der Waals surface area contributed by atoms with Crippen molar-refractivity contribution in [3.8, 4) is 0 Å². The quantitative estimate of drug-likeness (QED) is 0.430. The third-order valence-corrected chi connectivity index (χ3v) is 5.57. The van der Waals surface area contributed by atoms with Crippen molar-refractivity contribution < 1.29 is 19.1 Å². The second kappa shape index (κ2) is 9.83. The molecule has 152 valence electrons. The van der Waals surface area contributed by atoms with Crippen molar-refractivity contribution in [2.45, 2.75) is 32.6 Å². The number of amides is 1. The molecule has 0 N–H and O–H groups in total. The number of hydrogen-bond acceptors (Lipinski definition) is 4. The number of hydrogen-bond donors (Lipinski definition) is 0. The fourth-order valence-electron chi connectivity index (χ4n) is 3.31. The van der Waals surface area contributed by atoms with Crippen LogP contribution >= 0.6 is 15.9 Å². The van der Waals surface area contributed by atoms with E-state index in [0.717, 1.165) is 29.4 Å². The van der Waals surface area contributed by atoms with Gasteiger partial charge in [0.05, 0.1) is 5.92 Å². The Morgan fingerprint density at radius 2 is 1.79 bits per heavy atom. The van der Waals surface area contributed by atoms with Gasteiger partial charge in [0.25, 0.3) is 0 Å². The molecule has 5 nitrogen and oxygen atoms in total. The van der Waals surface area contributed by atoms with Gasteiger partial charge in [-0.1, -0.05) is 53.5 Å². The molecule has 0 unspecified atom stereocenters. The number of Topliss-reactive ketones (excluding diaryl/α,β-unsaturated/α-hetero) is 1. The van der Waals surface area contributed by atoms with Gasteiger partial charge in [-0.3, -0.25) is 14.4 Å². The minimum atomic E-state index is -0.556. The van der Waals surface area contributed by atoms with Crippen LogP contribution in [0, 0.1) is 5.92 Å². The number of rotatable bonds is 8. The number of carbonyl (C=O) groups excluding carboxylic acids is 3. The largest absolute Gasteiger partial charge is 0.457 e. The Labute approximate surface area is 179 Å². The number of carbonyl (C=O) groups is 3. The zero-order valence-electron chi connectivity index (χ0n) is 16.4. The fourth-order valence-corrected chi connectivity index (χ4v) is 3.58. The summed E-state index contributed by atoms with van der Waals surface area (Å²) in [5.74, 6) is -1.44. The van der Waals surface area contributed by atoms with Gasteiger partial charge in [0.15, 0.2) is 12.4 Å². The first-order chi connectivity index (χ1) is 14.0. The van der Waals surface area contributed by atoms with Gasteiger partial charge in [-0.15, -0.1) is 0 Å². The van der Waals surface area contributed by atoms with E-state index in [9.17, 15) is 14.4 Å². The molecule has 0 aliphatic carbocycles. The van der Waals surface area contributed by atoms with Crippen molar-refractivity contribution in [2.24, 2.45) is 5.92 Å². The molecule has 2 aromatic rings. The van der Waals surface area contributed by atoms with Gasteiger partial charge in [0, 0.05) is 28.7 Å². The van der Waals surface area contributed by atoms with Crippen LogP contribution in [0.4, 0.5) is 5.69 Å². The zero-order chi connectivity index (χ0) is 20.8. The normalized spacial score (nSPS) is 16.1. The maximum absolute atomic E-state index is 12.4. The van der Waals surface area contributed by atoms with Crippen LogP contribution in [0.3, 0.4) is 0 Å². The number of ketones is 1. The summed E-state index contributed by atoms with van der Waals surface area (Å²) in [5, 5.41) is 0. The lowest BCUT2D eigenvalue weighted by atomic mass is 10.1. The number of aryl methyl sites for hydroxylation is 1. The molecular weight excluding hydrogens is 434 g/mol. The summed E-state index contributed by atoms with van der Waals surface area (Å²) in [4.78, 5) is 38.5. The Hall–Kier alpha value is -2.47. The molecule has 0 radical (unpaired) electrons. The summed E-state index contributed by atoms with van der Waals surface area (Å²) in [6.07, 6.45) is 3.39. The smallest absolute Gasteiger partial charge is 0.311 e. The third-order valence-electron chi connectivity index (χ3n) is 5.04. The second-order valence-corrected chi connectivity index (χ2v) is 8.13. The number of ether oxygens (including phenoxy) is 1. The van der Waals surface area contributed by atoms with E-state index < -0.39 is 11.9 Å². The highest BCUT2D eigenvalue weighted by molar-refractivity contribution is 9.10. The number of benzene rings is 2. The highest BCUT2D eigenvalue weighted by Gasteiger charge is 2.36. The van der Waals surface area contributed by atoms with E-state index in [2.05, 4.69) is 22.9 Å². The molecule has 3 rings (SSSR count). The molecule has 0 saturated carbocycles. The van der Waals surface area contributed by atoms with Crippen LogP contribution in [0.5, 0.6) is 0 Å². The summed E-state index contributed by atoms with van der Waals surface area (Å²) in [7, 11) is 0. The highest BCUT2D eigenvalue weighted by Crippen LogP contribution is 2.26. The van der Waals surface area contributed by atoms with Gasteiger partial charge in [-0.2, -0.15) is 0 Å². The Balaban J connectivity index is 1.54. The first-order valence-electron chi connectivity index (χ1n) is 9.82. The minimum Gasteiger partial charge on any atom is -0.457 e. The van der Waals surface area contributed by atoms with Crippen LogP contribution in [-0.4, -0.2) is 30.8 Å². The van der Waals surface area contributed by atoms with E-state index in [1.165, 1.54) is 5.56 Å². The monoisotopic (exact) mass is 457 g/mol. The second-order valence-electron chi connectivity index (χ2n) is 7.21. The van der Waals surface area contributed by atoms with Crippen LogP contribution in [0.2, 0.25) is 0 Å². The van der Waals surface area contributed by atoms with Crippen molar-refractivity contribution in [3.05, 3.63) is 64.1 Å². The molecule has 6 heteroatoms. The van der Waals surface area contributed by atoms with Gasteiger partial charge >= 0.3 is 5.97 Å². The van der Waals surface area contributed by atoms with Crippen LogP contribution in [0.25, 0.3) is 0 Å². The Kier molecular flexibility index (Phi) is 7.20.